The van der Waals surface area contributed by atoms with Gasteiger partial charge < -0.3 is 39.1 Å². The topological polar surface area (TPSA) is 119 Å². The molecule has 2 fully saturated rings. The van der Waals surface area contributed by atoms with E-state index in [1.54, 1.807) is 12.0 Å². The normalized spacial score (nSPS) is 24.6. The number of ether oxygens (including phenoxy) is 6. The van der Waals surface area contributed by atoms with Gasteiger partial charge in [-0.3, -0.25) is 4.79 Å². The second-order valence-electron chi connectivity index (χ2n) is 10.6. The fourth-order valence-electron chi connectivity index (χ4n) is 5.26. The van der Waals surface area contributed by atoms with Gasteiger partial charge in [0.15, 0.2) is 12.1 Å². The van der Waals surface area contributed by atoms with Crippen molar-refractivity contribution in [1.29, 1.82) is 0 Å². The number of fused-ring (bicyclic) bond motifs is 1. The molecule has 0 spiro atoms. The molecule has 1 amide bonds. The molecule has 2 unspecified atom stereocenters. The van der Waals surface area contributed by atoms with Gasteiger partial charge in [0.2, 0.25) is 0 Å². The van der Waals surface area contributed by atoms with Crippen molar-refractivity contribution in [3.05, 3.63) is 71.8 Å². The summed E-state index contributed by atoms with van der Waals surface area (Å²) < 4.78 is 34.6. The van der Waals surface area contributed by atoms with E-state index >= 15 is 0 Å². The Kier molecular flexibility index (Phi) is 10.2. The van der Waals surface area contributed by atoms with Crippen LogP contribution in [0.2, 0.25) is 0 Å². The molecule has 2 aliphatic heterocycles. The Labute approximate surface area is 235 Å². The third-order valence-electron chi connectivity index (χ3n) is 7.23. The van der Waals surface area contributed by atoms with E-state index in [1.807, 2.05) is 74.5 Å². The van der Waals surface area contributed by atoms with Crippen molar-refractivity contribution in [3.8, 4) is 0 Å². The lowest BCUT2D eigenvalue weighted by Gasteiger charge is -2.34. The predicted octanol–water partition coefficient (Wildman–Crippen LogP) is 3.76. The van der Waals surface area contributed by atoms with Gasteiger partial charge in [-0.15, -0.1) is 0 Å². The second kappa shape index (κ2) is 13.6. The first kappa shape index (κ1) is 30.0. The van der Waals surface area contributed by atoms with Gasteiger partial charge >= 0.3 is 12.1 Å². The molecule has 0 saturated carbocycles. The number of hydrogen-bond donors (Lipinski definition) is 1. The number of rotatable bonds is 12. The van der Waals surface area contributed by atoms with E-state index in [-0.39, 0.29) is 6.61 Å². The number of hydrogen-bond acceptors (Lipinski definition) is 9. The number of carbonyl (C=O) groups excluding carboxylic acids is 2. The molecule has 10 heteroatoms. The minimum absolute atomic E-state index is 0.126. The van der Waals surface area contributed by atoms with Crippen LogP contribution in [-0.2, 0) is 46.4 Å². The van der Waals surface area contributed by atoms with Crippen LogP contribution in [0, 0.1) is 0 Å². The zero-order valence-corrected chi connectivity index (χ0v) is 23.6. The molecule has 2 aromatic rings. The van der Waals surface area contributed by atoms with Gasteiger partial charge in [0.1, 0.15) is 24.9 Å². The fourth-order valence-corrected chi connectivity index (χ4v) is 5.26. The zero-order valence-electron chi connectivity index (χ0n) is 23.6. The third kappa shape index (κ3) is 7.58. The summed E-state index contributed by atoms with van der Waals surface area (Å²) >= 11 is 0. The molecule has 2 heterocycles. The highest BCUT2D eigenvalue weighted by Gasteiger charge is 2.56. The van der Waals surface area contributed by atoms with Crippen LogP contribution < -0.4 is 5.73 Å². The second-order valence-corrected chi connectivity index (χ2v) is 10.6. The predicted molar refractivity (Wildman–Crippen MR) is 146 cm³/mol. The monoisotopic (exact) mass is 556 g/mol. The molecule has 218 valence electrons. The van der Waals surface area contributed by atoms with Crippen molar-refractivity contribution in [2.45, 2.75) is 88.7 Å². The maximum Gasteiger partial charge on any atom is 0.410 e. The van der Waals surface area contributed by atoms with E-state index in [1.165, 1.54) is 7.11 Å². The minimum atomic E-state index is -0.833. The quantitative estimate of drug-likeness (QED) is 0.390. The summed E-state index contributed by atoms with van der Waals surface area (Å²) in [5, 5.41) is 0. The molecule has 2 aliphatic rings. The number of nitrogens with two attached hydrogens (primary N) is 1. The fraction of sp³-hybridized carbons (Fsp3) is 0.533. The molecular formula is C30H40N2O8. The lowest BCUT2D eigenvalue weighted by atomic mass is 9.96. The summed E-state index contributed by atoms with van der Waals surface area (Å²) in [7, 11) is 2.87. The van der Waals surface area contributed by atoms with Gasteiger partial charge in [-0.2, -0.15) is 0 Å². The van der Waals surface area contributed by atoms with Crippen molar-refractivity contribution in [2.75, 3.05) is 14.2 Å². The van der Waals surface area contributed by atoms with Crippen LogP contribution in [0.25, 0.3) is 0 Å². The smallest absolute Gasteiger partial charge is 0.410 e. The molecule has 10 nitrogen and oxygen atoms in total. The standard InChI is InChI=1S/C30H40N2O8/c1-30(2)39-25-24(38-28(36-4)26(25)40-30)17-22(15-16-23(31)27(33)35-3)32(18-20-11-7-5-8-12-20)29(34)37-19-21-13-9-6-10-14-21/h5-14,22-26,28H,15-19,31H2,1-4H3/t22-,23-,24+,25?,26?,28+/m0/s1. The highest BCUT2D eigenvalue weighted by Crippen LogP contribution is 2.41. The number of esters is 1. The van der Waals surface area contributed by atoms with Gasteiger partial charge in [0.05, 0.1) is 13.2 Å². The SMILES string of the molecule is COC(=O)[C@@H](N)CC[C@@H](C[C@H]1O[C@@H](OC)C2OC(C)(C)OC21)N(Cc1ccccc1)C(=O)OCc1ccccc1. The van der Waals surface area contributed by atoms with Crippen LogP contribution >= 0.6 is 0 Å². The molecule has 4 rings (SSSR count). The van der Waals surface area contributed by atoms with Crippen LogP contribution in [-0.4, -0.2) is 73.7 Å². The van der Waals surface area contributed by atoms with Crippen molar-refractivity contribution < 1.29 is 38.0 Å². The first-order valence-electron chi connectivity index (χ1n) is 13.6. The highest BCUT2D eigenvalue weighted by molar-refractivity contribution is 5.75. The number of amides is 1. The summed E-state index contributed by atoms with van der Waals surface area (Å²) in [5.74, 6) is -1.30. The Morgan fingerprint density at radius 2 is 1.57 bits per heavy atom. The molecular weight excluding hydrogens is 516 g/mol. The lowest BCUT2D eigenvalue weighted by Crippen LogP contribution is -2.45. The van der Waals surface area contributed by atoms with Crippen molar-refractivity contribution in [2.24, 2.45) is 5.73 Å². The summed E-state index contributed by atoms with van der Waals surface area (Å²) in [5.41, 5.74) is 7.92. The molecule has 40 heavy (non-hydrogen) atoms. The Balaban J connectivity index is 1.59. The molecule has 2 N–H and O–H groups in total. The van der Waals surface area contributed by atoms with E-state index in [2.05, 4.69) is 0 Å². The molecule has 2 aromatic carbocycles. The van der Waals surface area contributed by atoms with Crippen LogP contribution in [0.3, 0.4) is 0 Å². The summed E-state index contributed by atoms with van der Waals surface area (Å²) in [4.78, 5) is 27.5. The van der Waals surface area contributed by atoms with Gasteiger partial charge in [-0.1, -0.05) is 60.7 Å². The molecule has 0 bridgehead atoms. The van der Waals surface area contributed by atoms with Crippen molar-refractivity contribution in [3.63, 3.8) is 0 Å². The molecule has 0 radical (unpaired) electrons. The largest absolute Gasteiger partial charge is 0.468 e. The first-order valence-corrected chi connectivity index (χ1v) is 13.6. The lowest BCUT2D eigenvalue weighted by molar-refractivity contribution is -0.228. The van der Waals surface area contributed by atoms with Crippen molar-refractivity contribution in [1.82, 2.24) is 4.90 Å². The van der Waals surface area contributed by atoms with Crippen LogP contribution in [0.4, 0.5) is 4.79 Å². The van der Waals surface area contributed by atoms with Crippen LogP contribution in [0.5, 0.6) is 0 Å². The Morgan fingerprint density at radius 1 is 0.950 bits per heavy atom. The van der Waals surface area contributed by atoms with Gasteiger partial charge in [-0.25, -0.2) is 4.79 Å². The van der Waals surface area contributed by atoms with Crippen LogP contribution in [0.1, 0.15) is 44.2 Å². The average molecular weight is 557 g/mol. The van der Waals surface area contributed by atoms with Gasteiger partial charge in [0.25, 0.3) is 0 Å². The van der Waals surface area contributed by atoms with E-state index in [9.17, 15) is 9.59 Å². The van der Waals surface area contributed by atoms with E-state index in [0.717, 1.165) is 11.1 Å². The zero-order chi connectivity index (χ0) is 28.7. The summed E-state index contributed by atoms with van der Waals surface area (Å²) in [6, 6.07) is 17.9. The molecule has 6 atom stereocenters. The van der Waals surface area contributed by atoms with Gasteiger partial charge in [-0.05, 0) is 44.2 Å². The number of carbonyl (C=O) groups is 2. The van der Waals surface area contributed by atoms with E-state index in [4.69, 9.17) is 34.2 Å². The Morgan fingerprint density at radius 3 is 2.20 bits per heavy atom. The molecule has 2 saturated heterocycles. The van der Waals surface area contributed by atoms with Crippen LogP contribution in [0.15, 0.2) is 60.7 Å². The Hall–Kier alpha value is -3.02. The summed E-state index contributed by atoms with van der Waals surface area (Å²) in [6.07, 6.45) is -1.23. The molecule has 0 aliphatic carbocycles. The first-order chi connectivity index (χ1) is 19.2. The highest BCUT2D eigenvalue weighted by atomic mass is 16.8. The molecule has 0 aromatic heterocycles. The third-order valence-corrected chi connectivity index (χ3v) is 7.23. The number of benzene rings is 2. The van der Waals surface area contributed by atoms with Gasteiger partial charge in [0, 0.05) is 19.7 Å². The maximum absolute atomic E-state index is 13.7. The summed E-state index contributed by atoms with van der Waals surface area (Å²) in [6.45, 7) is 4.13. The Bertz CT molecular complexity index is 1100. The number of nitrogens with zero attached hydrogens (tertiary/aromatic N) is 1. The maximum atomic E-state index is 13.7. The minimum Gasteiger partial charge on any atom is -0.468 e. The average Bonchev–Trinajstić information content (AvgIpc) is 3.45. The van der Waals surface area contributed by atoms with Crippen molar-refractivity contribution >= 4 is 12.1 Å². The van der Waals surface area contributed by atoms with E-state index in [0.29, 0.717) is 25.8 Å². The van der Waals surface area contributed by atoms with E-state index < -0.39 is 54.5 Å². The number of methoxy groups -OCH3 is 2.